The van der Waals surface area contributed by atoms with Crippen molar-refractivity contribution in [3.8, 4) is 0 Å². The Morgan fingerprint density at radius 1 is 1.50 bits per heavy atom. The fourth-order valence-corrected chi connectivity index (χ4v) is 2.87. The Morgan fingerprint density at radius 2 is 2.17 bits per heavy atom. The molecule has 0 radical (unpaired) electrons. The summed E-state index contributed by atoms with van der Waals surface area (Å²) in [4.78, 5) is 12.3. The number of aryl methyl sites for hydroxylation is 1. The van der Waals surface area contributed by atoms with E-state index in [1.54, 1.807) is 10.9 Å². The van der Waals surface area contributed by atoms with Crippen LogP contribution in [0.1, 0.15) is 50.6 Å². The molecule has 2 N–H and O–H groups in total. The maximum Gasteiger partial charge on any atom is 0.157 e. The molecule has 1 saturated carbocycles. The third-order valence-corrected chi connectivity index (χ3v) is 4.22. The van der Waals surface area contributed by atoms with Crippen molar-refractivity contribution in [2.45, 2.75) is 45.1 Å². The van der Waals surface area contributed by atoms with E-state index >= 15 is 0 Å². The van der Waals surface area contributed by atoms with Crippen LogP contribution in [0, 0.1) is 11.8 Å². The monoisotopic (exact) mass is 249 g/mol. The molecule has 4 heteroatoms. The number of carbonyl (C=O) groups excluding carboxylic acids is 1. The van der Waals surface area contributed by atoms with Gasteiger partial charge in [-0.25, -0.2) is 0 Å². The Morgan fingerprint density at radius 3 is 2.67 bits per heavy atom. The van der Waals surface area contributed by atoms with Gasteiger partial charge >= 0.3 is 0 Å². The predicted octanol–water partition coefficient (Wildman–Crippen LogP) is 2.21. The molecule has 2 rings (SSSR count). The van der Waals surface area contributed by atoms with Gasteiger partial charge in [0.05, 0.1) is 12.2 Å². The van der Waals surface area contributed by atoms with Crippen molar-refractivity contribution >= 4 is 5.78 Å². The van der Waals surface area contributed by atoms with E-state index in [1.165, 1.54) is 19.3 Å². The first kappa shape index (κ1) is 13.3. The molecule has 0 saturated heterocycles. The fourth-order valence-electron chi connectivity index (χ4n) is 2.87. The molecule has 1 heterocycles. The number of aromatic nitrogens is 2. The molecule has 18 heavy (non-hydrogen) atoms. The lowest BCUT2D eigenvalue weighted by Crippen LogP contribution is -2.30. The number of Topliss-reactive ketones (excluding diaryl/α,β-unsaturated/α-hetero) is 1. The maximum atomic E-state index is 12.3. The second kappa shape index (κ2) is 5.65. The van der Waals surface area contributed by atoms with Gasteiger partial charge in [0.15, 0.2) is 5.78 Å². The zero-order valence-corrected chi connectivity index (χ0v) is 11.3. The Kier molecular flexibility index (Phi) is 4.17. The molecule has 0 spiro atoms. The number of hydrogen-bond donors (Lipinski definition) is 1. The average molecular weight is 249 g/mol. The topological polar surface area (TPSA) is 60.9 Å². The predicted molar refractivity (Wildman–Crippen MR) is 70.9 cm³/mol. The fraction of sp³-hybridized carbons (Fsp3) is 0.714. The van der Waals surface area contributed by atoms with Crippen molar-refractivity contribution < 1.29 is 4.79 Å². The van der Waals surface area contributed by atoms with Gasteiger partial charge in [-0.3, -0.25) is 9.48 Å². The molecule has 1 aliphatic rings. The van der Waals surface area contributed by atoms with Crippen molar-refractivity contribution in [2.24, 2.45) is 24.6 Å². The van der Waals surface area contributed by atoms with E-state index in [9.17, 15) is 4.79 Å². The third kappa shape index (κ3) is 2.80. The number of nitrogens with two attached hydrogens (primary N) is 1. The Hall–Kier alpha value is -1.16. The number of carbonyl (C=O) groups is 1. The molecular weight excluding hydrogens is 226 g/mol. The van der Waals surface area contributed by atoms with E-state index in [2.05, 4.69) is 12.0 Å². The summed E-state index contributed by atoms with van der Waals surface area (Å²) < 4.78 is 1.69. The molecule has 100 valence electrons. The highest BCUT2D eigenvalue weighted by Crippen LogP contribution is 2.33. The SMILES string of the molecule is CCC1CCC(C(=O)C(N)c2cnn(C)c2)CC1. The van der Waals surface area contributed by atoms with Crippen LogP contribution in [0.25, 0.3) is 0 Å². The van der Waals surface area contributed by atoms with E-state index < -0.39 is 6.04 Å². The molecule has 1 fully saturated rings. The summed E-state index contributed by atoms with van der Waals surface area (Å²) in [5.41, 5.74) is 6.88. The van der Waals surface area contributed by atoms with Gasteiger partial charge in [-0.15, -0.1) is 0 Å². The second-order valence-corrected chi connectivity index (χ2v) is 5.45. The van der Waals surface area contributed by atoms with E-state index in [-0.39, 0.29) is 11.7 Å². The van der Waals surface area contributed by atoms with Crippen LogP contribution in [0.15, 0.2) is 12.4 Å². The van der Waals surface area contributed by atoms with Gasteiger partial charge in [-0.1, -0.05) is 13.3 Å². The second-order valence-electron chi connectivity index (χ2n) is 5.45. The number of ketones is 1. The standard InChI is InChI=1S/C14H23N3O/c1-3-10-4-6-11(7-5-10)14(18)13(15)12-8-16-17(2)9-12/h8-11,13H,3-7,15H2,1-2H3. The Bertz CT molecular complexity index is 405. The van der Waals surface area contributed by atoms with Gasteiger partial charge in [0.2, 0.25) is 0 Å². The molecular formula is C14H23N3O. The van der Waals surface area contributed by atoms with Gasteiger partial charge in [-0.05, 0) is 31.6 Å². The summed E-state index contributed by atoms with van der Waals surface area (Å²) in [6, 6.07) is -0.498. The lowest BCUT2D eigenvalue weighted by atomic mass is 9.77. The first-order chi connectivity index (χ1) is 8.61. The highest BCUT2D eigenvalue weighted by atomic mass is 16.1. The van der Waals surface area contributed by atoms with Gasteiger partial charge < -0.3 is 5.73 Å². The molecule has 1 atom stereocenters. The summed E-state index contributed by atoms with van der Waals surface area (Å²) in [5, 5.41) is 4.07. The van der Waals surface area contributed by atoms with Crippen molar-refractivity contribution in [2.75, 3.05) is 0 Å². The van der Waals surface area contributed by atoms with E-state index in [0.29, 0.717) is 0 Å². The van der Waals surface area contributed by atoms with Crippen LogP contribution in [0.3, 0.4) is 0 Å². The highest BCUT2D eigenvalue weighted by molar-refractivity contribution is 5.87. The Balaban J connectivity index is 1.95. The van der Waals surface area contributed by atoms with Crippen molar-refractivity contribution in [3.63, 3.8) is 0 Å². The molecule has 0 aliphatic heterocycles. The van der Waals surface area contributed by atoms with Crippen LogP contribution in [0.5, 0.6) is 0 Å². The number of hydrogen-bond acceptors (Lipinski definition) is 3. The van der Waals surface area contributed by atoms with Gasteiger partial charge in [0, 0.05) is 24.7 Å². The molecule has 0 amide bonds. The first-order valence-corrected chi connectivity index (χ1v) is 6.89. The molecule has 0 aromatic carbocycles. The van der Waals surface area contributed by atoms with Crippen molar-refractivity contribution in [1.29, 1.82) is 0 Å². The van der Waals surface area contributed by atoms with Crippen LogP contribution in [-0.4, -0.2) is 15.6 Å². The summed E-state index contributed by atoms with van der Waals surface area (Å²) in [6.45, 7) is 2.23. The quantitative estimate of drug-likeness (QED) is 0.890. The summed E-state index contributed by atoms with van der Waals surface area (Å²) in [7, 11) is 1.84. The van der Waals surface area contributed by atoms with Gasteiger partial charge in [-0.2, -0.15) is 5.10 Å². The Labute approximate surface area is 109 Å². The zero-order chi connectivity index (χ0) is 13.1. The molecule has 1 aromatic rings. The summed E-state index contributed by atoms with van der Waals surface area (Å²) in [5.74, 6) is 1.16. The minimum atomic E-state index is -0.498. The number of nitrogens with zero attached hydrogens (tertiary/aromatic N) is 2. The molecule has 0 bridgehead atoms. The van der Waals surface area contributed by atoms with Crippen molar-refractivity contribution in [3.05, 3.63) is 18.0 Å². The van der Waals surface area contributed by atoms with Crippen LogP contribution >= 0.6 is 0 Å². The maximum absolute atomic E-state index is 12.3. The first-order valence-electron chi connectivity index (χ1n) is 6.89. The molecule has 1 aliphatic carbocycles. The zero-order valence-electron chi connectivity index (χ0n) is 11.3. The van der Waals surface area contributed by atoms with Gasteiger partial charge in [0.1, 0.15) is 0 Å². The minimum Gasteiger partial charge on any atom is -0.318 e. The lowest BCUT2D eigenvalue weighted by Gasteiger charge is -2.28. The van der Waals surface area contributed by atoms with E-state index in [0.717, 1.165) is 24.3 Å². The van der Waals surface area contributed by atoms with Crippen LogP contribution in [0.2, 0.25) is 0 Å². The highest BCUT2D eigenvalue weighted by Gasteiger charge is 2.29. The summed E-state index contributed by atoms with van der Waals surface area (Å²) in [6.07, 6.45) is 9.12. The van der Waals surface area contributed by atoms with Gasteiger partial charge in [0.25, 0.3) is 0 Å². The van der Waals surface area contributed by atoms with Crippen LogP contribution < -0.4 is 5.73 Å². The normalized spacial score (nSPS) is 25.9. The van der Waals surface area contributed by atoms with Crippen LogP contribution in [0.4, 0.5) is 0 Å². The van der Waals surface area contributed by atoms with E-state index in [4.69, 9.17) is 5.73 Å². The number of rotatable bonds is 4. The summed E-state index contributed by atoms with van der Waals surface area (Å²) >= 11 is 0. The largest absolute Gasteiger partial charge is 0.318 e. The van der Waals surface area contributed by atoms with E-state index in [1.807, 2.05) is 13.2 Å². The third-order valence-electron chi connectivity index (χ3n) is 4.22. The molecule has 4 nitrogen and oxygen atoms in total. The molecule has 1 unspecified atom stereocenters. The molecule has 1 aromatic heterocycles. The van der Waals surface area contributed by atoms with Crippen molar-refractivity contribution in [1.82, 2.24) is 9.78 Å². The minimum absolute atomic E-state index is 0.156. The smallest absolute Gasteiger partial charge is 0.157 e. The lowest BCUT2D eigenvalue weighted by molar-refractivity contribution is -0.125. The van der Waals surface area contributed by atoms with Crippen LogP contribution in [-0.2, 0) is 11.8 Å². The average Bonchev–Trinajstić information content (AvgIpc) is 2.84.